The van der Waals surface area contributed by atoms with Gasteiger partial charge in [0.05, 0.1) is 4.90 Å². The fourth-order valence-corrected chi connectivity index (χ4v) is 5.48. The van der Waals surface area contributed by atoms with Gasteiger partial charge in [-0.3, -0.25) is 4.79 Å². The molecule has 2 N–H and O–H groups in total. The van der Waals surface area contributed by atoms with E-state index in [-0.39, 0.29) is 16.8 Å². The molecule has 6 nitrogen and oxygen atoms in total. The van der Waals surface area contributed by atoms with Crippen molar-refractivity contribution in [2.24, 2.45) is 0 Å². The molecule has 1 saturated heterocycles. The first kappa shape index (κ1) is 19.3. The first-order valence-electron chi connectivity index (χ1n) is 9.50. The molecule has 3 rings (SSSR count). The molecule has 0 aromatic heterocycles. The van der Waals surface area contributed by atoms with Crippen LogP contribution in [0.25, 0.3) is 0 Å². The Kier molecular flexibility index (Phi) is 5.99. The van der Waals surface area contributed by atoms with Gasteiger partial charge in [-0.05, 0) is 57.4 Å². The molecule has 2 aliphatic rings. The summed E-state index contributed by atoms with van der Waals surface area (Å²) in [6.07, 6.45) is 5.74. The van der Waals surface area contributed by atoms with Gasteiger partial charge in [0.25, 0.3) is 5.91 Å². The van der Waals surface area contributed by atoms with Gasteiger partial charge in [0, 0.05) is 30.7 Å². The van der Waals surface area contributed by atoms with Crippen LogP contribution in [0.2, 0.25) is 0 Å². The average molecular weight is 380 g/mol. The first-order valence-corrected chi connectivity index (χ1v) is 11.0. The van der Waals surface area contributed by atoms with Gasteiger partial charge in [-0.2, -0.15) is 0 Å². The molecule has 1 heterocycles. The maximum atomic E-state index is 12.8. The third-order valence-electron chi connectivity index (χ3n) is 5.59. The minimum atomic E-state index is -3.60. The van der Waals surface area contributed by atoms with Crippen molar-refractivity contribution in [2.75, 3.05) is 20.1 Å². The van der Waals surface area contributed by atoms with Gasteiger partial charge in [0.1, 0.15) is 0 Å². The van der Waals surface area contributed by atoms with Crippen molar-refractivity contribution < 1.29 is 13.2 Å². The Bertz CT molecular complexity index is 749. The topological polar surface area (TPSA) is 78.5 Å². The van der Waals surface area contributed by atoms with Crippen LogP contribution in [0.4, 0.5) is 0 Å². The summed E-state index contributed by atoms with van der Waals surface area (Å²) < 4.78 is 28.4. The van der Waals surface area contributed by atoms with E-state index in [1.165, 1.54) is 0 Å². The monoisotopic (exact) mass is 379 g/mol. The average Bonchev–Trinajstić information content (AvgIpc) is 3.13. The Labute approximate surface area is 156 Å². The van der Waals surface area contributed by atoms with Crippen molar-refractivity contribution in [3.63, 3.8) is 0 Å². The van der Waals surface area contributed by atoms with E-state index in [2.05, 4.69) is 10.0 Å². The Morgan fingerprint density at radius 2 is 1.73 bits per heavy atom. The van der Waals surface area contributed by atoms with Crippen LogP contribution in [0.15, 0.2) is 23.1 Å². The number of carbonyl (C=O) groups is 1. The van der Waals surface area contributed by atoms with Crippen LogP contribution in [-0.2, 0) is 10.0 Å². The number of benzene rings is 1. The Hall–Kier alpha value is -1.44. The van der Waals surface area contributed by atoms with Gasteiger partial charge in [0.2, 0.25) is 10.0 Å². The van der Waals surface area contributed by atoms with Crippen molar-refractivity contribution in [1.29, 1.82) is 0 Å². The maximum Gasteiger partial charge on any atom is 0.253 e. The third-order valence-corrected chi connectivity index (χ3v) is 7.25. The van der Waals surface area contributed by atoms with Gasteiger partial charge in [-0.15, -0.1) is 0 Å². The zero-order valence-electron chi connectivity index (χ0n) is 15.6. The molecule has 7 heteroatoms. The normalized spacial score (nSPS) is 19.8. The molecule has 1 aliphatic heterocycles. The molecule has 0 unspecified atom stereocenters. The minimum Gasteiger partial charge on any atom is -0.339 e. The number of hydrogen-bond acceptors (Lipinski definition) is 4. The van der Waals surface area contributed by atoms with Gasteiger partial charge in [0.15, 0.2) is 0 Å². The van der Waals surface area contributed by atoms with Crippen molar-refractivity contribution in [3.8, 4) is 0 Å². The molecule has 0 bridgehead atoms. The molecule has 144 valence electrons. The molecule has 1 aromatic rings. The number of likely N-dealkylation sites (tertiary alicyclic amines) is 1. The van der Waals surface area contributed by atoms with Crippen LogP contribution in [-0.4, -0.2) is 51.4 Å². The standard InChI is InChI=1S/C19H29N3O3S/c1-14-7-8-15(19(23)22-11-9-16(20-2)10-12-22)13-18(14)26(24,25)21-17-5-3-4-6-17/h7-8,13,16-17,20-21H,3-6,9-12H2,1-2H3. The summed E-state index contributed by atoms with van der Waals surface area (Å²) in [4.78, 5) is 14.9. The second-order valence-corrected chi connectivity index (χ2v) is 9.12. The first-order chi connectivity index (χ1) is 12.4. The highest BCUT2D eigenvalue weighted by atomic mass is 32.2. The van der Waals surface area contributed by atoms with E-state index in [1.807, 2.05) is 11.9 Å². The number of rotatable bonds is 5. The van der Waals surface area contributed by atoms with E-state index < -0.39 is 10.0 Å². The molecule has 2 fully saturated rings. The molecule has 1 aromatic carbocycles. The Morgan fingerprint density at radius 1 is 1.08 bits per heavy atom. The van der Waals surface area contributed by atoms with Gasteiger partial charge < -0.3 is 10.2 Å². The number of nitrogens with one attached hydrogen (secondary N) is 2. The summed E-state index contributed by atoms with van der Waals surface area (Å²) in [5.74, 6) is -0.0862. The van der Waals surface area contributed by atoms with Crippen molar-refractivity contribution in [2.45, 2.75) is 62.4 Å². The van der Waals surface area contributed by atoms with Gasteiger partial charge >= 0.3 is 0 Å². The zero-order chi connectivity index (χ0) is 18.7. The van der Waals surface area contributed by atoms with Crippen molar-refractivity contribution in [3.05, 3.63) is 29.3 Å². The Morgan fingerprint density at radius 3 is 2.35 bits per heavy atom. The zero-order valence-corrected chi connectivity index (χ0v) is 16.4. The van der Waals surface area contributed by atoms with Crippen LogP contribution in [0.5, 0.6) is 0 Å². The number of amides is 1. The summed E-state index contributed by atoms with van der Waals surface area (Å²) in [6, 6.07) is 5.47. The number of nitrogens with zero attached hydrogens (tertiary/aromatic N) is 1. The number of hydrogen-bond donors (Lipinski definition) is 2. The van der Waals surface area contributed by atoms with Crippen molar-refractivity contribution >= 4 is 15.9 Å². The predicted octanol–water partition coefficient (Wildman–Crippen LogP) is 2.04. The van der Waals surface area contributed by atoms with Crippen molar-refractivity contribution in [1.82, 2.24) is 14.9 Å². The molecule has 0 radical (unpaired) electrons. The van der Waals surface area contributed by atoms with Crippen LogP contribution in [0.3, 0.4) is 0 Å². The lowest BCUT2D eigenvalue weighted by atomic mass is 10.0. The minimum absolute atomic E-state index is 0.0133. The van der Waals surface area contributed by atoms with E-state index in [0.717, 1.165) is 38.5 Å². The van der Waals surface area contributed by atoms with Crippen LogP contribution >= 0.6 is 0 Å². The van der Waals surface area contributed by atoms with E-state index in [0.29, 0.717) is 30.3 Å². The summed E-state index contributed by atoms with van der Waals surface area (Å²) in [5, 5.41) is 3.25. The Balaban J connectivity index is 1.77. The van der Waals surface area contributed by atoms with E-state index in [9.17, 15) is 13.2 Å². The second kappa shape index (κ2) is 8.06. The molecule has 1 saturated carbocycles. The lowest BCUT2D eigenvalue weighted by Crippen LogP contribution is -2.44. The summed E-state index contributed by atoms with van der Waals surface area (Å²) in [5.41, 5.74) is 1.12. The fourth-order valence-electron chi connectivity index (χ4n) is 3.90. The van der Waals surface area contributed by atoms with E-state index >= 15 is 0 Å². The highest BCUT2D eigenvalue weighted by Gasteiger charge is 2.27. The number of carbonyl (C=O) groups excluding carboxylic acids is 1. The summed E-state index contributed by atoms with van der Waals surface area (Å²) in [6.45, 7) is 3.16. The third kappa shape index (κ3) is 4.27. The number of sulfonamides is 1. The molecule has 0 atom stereocenters. The molecule has 26 heavy (non-hydrogen) atoms. The largest absolute Gasteiger partial charge is 0.339 e. The quantitative estimate of drug-likeness (QED) is 0.821. The molecular weight excluding hydrogens is 350 g/mol. The van der Waals surface area contributed by atoms with E-state index in [1.54, 1.807) is 25.1 Å². The highest BCUT2D eigenvalue weighted by Crippen LogP contribution is 2.23. The lowest BCUT2D eigenvalue weighted by molar-refractivity contribution is 0.0707. The summed E-state index contributed by atoms with van der Waals surface area (Å²) >= 11 is 0. The molecule has 1 amide bonds. The van der Waals surface area contributed by atoms with Crippen LogP contribution in [0, 0.1) is 6.92 Å². The summed E-state index contributed by atoms with van der Waals surface area (Å²) in [7, 11) is -1.66. The number of aryl methyl sites for hydroxylation is 1. The lowest BCUT2D eigenvalue weighted by Gasteiger charge is -2.32. The molecular formula is C19H29N3O3S. The SMILES string of the molecule is CNC1CCN(C(=O)c2ccc(C)c(S(=O)(=O)NC3CCCC3)c2)CC1. The van der Waals surface area contributed by atoms with Crippen LogP contribution in [0.1, 0.15) is 54.4 Å². The van der Waals surface area contributed by atoms with Crippen LogP contribution < -0.4 is 10.0 Å². The second-order valence-electron chi connectivity index (χ2n) is 7.44. The van der Waals surface area contributed by atoms with Gasteiger partial charge in [-0.1, -0.05) is 18.9 Å². The highest BCUT2D eigenvalue weighted by molar-refractivity contribution is 7.89. The maximum absolute atomic E-state index is 12.8. The smallest absolute Gasteiger partial charge is 0.253 e. The predicted molar refractivity (Wildman–Crippen MR) is 102 cm³/mol. The molecule has 1 aliphatic carbocycles. The van der Waals surface area contributed by atoms with Gasteiger partial charge in [-0.25, -0.2) is 13.1 Å². The molecule has 0 spiro atoms. The van der Waals surface area contributed by atoms with E-state index in [4.69, 9.17) is 0 Å². The number of piperidine rings is 1. The fraction of sp³-hybridized carbons (Fsp3) is 0.632.